The summed E-state index contributed by atoms with van der Waals surface area (Å²) in [6.07, 6.45) is 0.968. The zero-order valence-electron chi connectivity index (χ0n) is 15.7. The number of hydrogen-bond acceptors (Lipinski definition) is 4. The van der Waals surface area contributed by atoms with Crippen LogP contribution in [0.25, 0.3) is 11.0 Å². The zero-order chi connectivity index (χ0) is 19.7. The van der Waals surface area contributed by atoms with Crippen molar-refractivity contribution in [3.63, 3.8) is 0 Å². The highest BCUT2D eigenvalue weighted by Crippen LogP contribution is 2.23. The molecule has 4 rings (SSSR count). The van der Waals surface area contributed by atoms with Crippen molar-refractivity contribution in [1.29, 1.82) is 0 Å². The molecule has 1 amide bonds. The predicted octanol–water partition coefficient (Wildman–Crippen LogP) is 3.97. The Morgan fingerprint density at radius 1 is 1.07 bits per heavy atom. The van der Waals surface area contributed by atoms with Crippen LogP contribution in [0.3, 0.4) is 0 Å². The van der Waals surface area contributed by atoms with Crippen molar-refractivity contribution in [3.05, 3.63) is 75.1 Å². The first-order chi connectivity index (χ1) is 13.6. The Bertz CT molecular complexity index is 1080. The van der Waals surface area contributed by atoms with Crippen LogP contribution in [0.15, 0.2) is 57.7 Å². The number of hydrogen-bond donors (Lipinski definition) is 0. The quantitative estimate of drug-likeness (QED) is 0.628. The van der Waals surface area contributed by atoms with Gasteiger partial charge in [-0.1, -0.05) is 36.7 Å². The monoisotopic (exact) mass is 396 g/mol. The van der Waals surface area contributed by atoms with Gasteiger partial charge in [0.15, 0.2) is 0 Å². The number of piperazine rings is 1. The molecule has 3 aromatic rings. The summed E-state index contributed by atoms with van der Waals surface area (Å²) in [5.41, 5.74) is 2.38. The summed E-state index contributed by atoms with van der Waals surface area (Å²) in [5, 5.41) is 1.17. The second kappa shape index (κ2) is 7.68. The van der Waals surface area contributed by atoms with Gasteiger partial charge in [0.25, 0.3) is 5.91 Å². The fourth-order valence-corrected chi connectivity index (χ4v) is 3.86. The van der Waals surface area contributed by atoms with Gasteiger partial charge < -0.3 is 14.2 Å². The van der Waals surface area contributed by atoms with Gasteiger partial charge in [-0.3, -0.25) is 4.79 Å². The molecule has 0 spiro atoms. The Morgan fingerprint density at radius 3 is 2.57 bits per heavy atom. The van der Waals surface area contributed by atoms with E-state index in [-0.39, 0.29) is 11.5 Å². The first-order valence-electron chi connectivity index (χ1n) is 9.42. The molecule has 28 heavy (non-hydrogen) atoms. The maximum atomic E-state index is 12.9. The van der Waals surface area contributed by atoms with E-state index in [1.54, 1.807) is 29.2 Å². The number of nitrogens with zero attached hydrogens (tertiary/aromatic N) is 2. The average molecular weight is 397 g/mol. The third-order valence-electron chi connectivity index (χ3n) is 5.20. The number of aryl methyl sites for hydroxylation is 1. The lowest BCUT2D eigenvalue weighted by atomic mass is 10.1. The van der Waals surface area contributed by atoms with E-state index >= 15 is 0 Å². The first kappa shape index (κ1) is 18.6. The van der Waals surface area contributed by atoms with Gasteiger partial charge in [0.05, 0.1) is 0 Å². The van der Waals surface area contributed by atoms with Crippen LogP contribution in [0, 0.1) is 0 Å². The Labute approximate surface area is 168 Å². The van der Waals surface area contributed by atoms with Crippen molar-refractivity contribution < 1.29 is 9.21 Å². The molecular weight excluding hydrogens is 376 g/mol. The van der Waals surface area contributed by atoms with E-state index < -0.39 is 5.63 Å². The van der Waals surface area contributed by atoms with Gasteiger partial charge in [-0.05, 0) is 42.3 Å². The molecule has 144 valence electrons. The van der Waals surface area contributed by atoms with Crippen LogP contribution >= 0.6 is 11.6 Å². The number of fused-ring (bicyclic) bond motifs is 1. The lowest BCUT2D eigenvalue weighted by molar-refractivity contribution is 0.0742. The third kappa shape index (κ3) is 3.50. The SMILES string of the molecule is CCc1ccccc1N1CCN(C(=O)c2cc3cc(Cl)ccc3oc2=O)CC1. The molecule has 1 aromatic heterocycles. The predicted molar refractivity (Wildman–Crippen MR) is 111 cm³/mol. The number of halogens is 1. The van der Waals surface area contributed by atoms with Gasteiger partial charge in [-0.15, -0.1) is 0 Å². The molecule has 0 radical (unpaired) electrons. The number of rotatable bonds is 3. The minimum Gasteiger partial charge on any atom is -0.422 e. The first-order valence-corrected chi connectivity index (χ1v) is 9.80. The summed E-state index contributed by atoms with van der Waals surface area (Å²) < 4.78 is 5.31. The van der Waals surface area contributed by atoms with Gasteiger partial charge in [0.1, 0.15) is 11.1 Å². The molecule has 1 fully saturated rings. The summed E-state index contributed by atoms with van der Waals surface area (Å²) in [7, 11) is 0. The third-order valence-corrected chi connectivity index (χ3v) is 5.44. The summed E-state index contributed by atoms with van der Waals surface area (Å²) in [6.45, 7) is 4.72. The van der Waals surface area contributed by atoms with Gasteiger partial charge in [-0.2, -0.15) is 0 Å². The second-order valence-corrected chi connectivity index (χ2v) is 7.33. The van der Waals surface area contributed by atoms with Gasteiger partial charge in [0, 0.05) is 42.3 Å². The Hall–Kier alpha value is -2.79. The maximum absolute atomic E-state index is 12.9. The van der Waals surface area contributed by atoms with Gasteiger partial charge >= 0.3 is 5.63 Å². The Kier molecular flexibility index (Phi) is 5.09. The van der Waals surface area contributed by atoms with E-state index in [0.717, 1.165) is 19.5 Å². The molecule has 0 unspecified atom stereocenters. The van der Waals surface area contributed by atoms with Crippen LogP contribution in [0.4, 0.5) is 5.69 Å². The van der Waals surface area contributed by atoms with Crippen molar-refractivity contribution in [2.75, 3.05) is 31.1 Å². The molecule has 2 heterocycles. The van der Waals surface area contributed by atoms with Crippen molar-refractivity contribution >= 4 is 34.2 Å². The molecule has 5 nitrogen and oxygen atoms in total. The molecular formula is C22H21ClN2O3. The normalized spacial score (nSPS) is 14.5. The average Bonchev–Trinajstić information content (AvgIpc) is 2.73. The van der Waals surface area contributed by atoms with E-state index in [1.165, 1.54) is 11.3 Å². The van der Waals surface area contributed by atoms with Gasteiger partial charge in [0.2, 0.25) is 0 Å². The number of benzene rings is 2. The molecule has 2 aromatic carbocycles. The smallest absolute Gasteiger partial charge is 0.349 e. The zero-order valence-corrected chi connectivity index (χ0v) is 16.4. The minimum atomic E-state index is -0.612. The Morgan fingerprint density at radius 2 is 1.82 bits per heavy atom. The second-order valence-electron chi connectivity index (χ2n) is 6.89. The van der Waals surface area contributed by atoms with E-state index in [1.807, 2.05) is 12.1 Å². The maximum Gasteiger partial charge on any atom is 0.349 e. The summed E-state index contributed by atoms with van der Waals surface area (Å²) in [4.78, 5) is 29.3. The molecule has 0 aliphatic carbocycles. The molecule has 0 saturated carbocycles. The largest absolute Gasteiger partial charge is 0.422 e. The van der Waals surface area contributed by atoms with Crippen molar-refractivity contribution in [2.24, 2.45) is 0 Å². The van der Waals surface area contributed by atoms with Crippen molar-refractivity contribution in [1.82, 2.24) is 4.90 Å². The molecule has 0 atom stereocenters. The lowest BCUT2D eigenvalue weighted by Gasteiger charge is -2.36. The van der Waals surface area contributed by atoms with Crippen LogP contribution in [0.5, 0.6) is 0 Å². The highest BCUT2D eigenvalue weighted by Gasteiger charge is 2.25. The molecule has 1 saturated heterocycles. The number of para-hydroxylation sites is 1. The van der Waals surface area contributed by atoms with E-state index in [9.17, 15) is 9.59 Å². The number of carbonyl (C=O) groups excluding carboxylic acids is 1. The van der Waals surface area contributed by atoms with Crippen LogP contribution in [-0.4, -0.2) is 37.0 Å². The summed E-state index contributed by atoms with van der Waals surface area (Å²) in [5.74, 6) is -0.293. The number of amides is 1. The summed E-state index contributed by atoms with van der Waals surface area (Å²) >= 11 is 6.02. The highest BCUT2D eigenvalue weighted by molar-refractivity contribution is 6.31. The Balaban J connectivity index is 1.53. The molecule has 1 aliphatic rings. The van der Waals surface area contributed by atoms with Crippen LogP contribution in [-0.2, 0) is 6.42 Å². The van der Waals surface area contributed by atoms with E-state index in [0.29, 0.717) is 29.1 Å². The van der Waals surface area contributed by atoms with Gasteiger partial charge in [-0.25, -0.2) is 4.79 Å². The number of carbonyl (C=O) groups is 1. The topological polar surface area (TPSA) is 53.8 Å². The molecule has 1 aliphatic heterocycles. The highest BCUT2D eigenvalue weighted by atomic mass is 35.5. The standard InChI is InChI=1S/C22H21ClN2O3/c1-2-15-5-3-4-6-19(15)24-9-11-25(12-10-24)21(26)18-14-16-13-17(23)7-8-20(16)28-22(18)27/h3-8,13-14H,2,9-12H2,1H3. The molecule has 0 bridgehead atoms. The summed E-state index contributed by atoms with van der Waals surface area (Å²) in [6, 6.07) is 14.9. The van der Waals surface area contributed by atoms with Crippen LogP contribution in [0.2, 0.25) is 5.02 Å². The molecule has 0 N–H and O–H groups in total. The van der Waals surface area contributed by atoms with Crippen LogP contribution < -0.4 is 10.5 Å². The molecule has 6 heteroatoms. The fraction of sp³-hybridized carbons (Fsp3) is 0.273. The van der Waals surface area contributed by atoms with Crippen molar-refractivity contribution in [2.45, 2.75) is 13.3 Å². The van der Waals surface area contributed by atoms with Crippen LogP contribution in [0.1, 0.15) is 22.8 Å². The minimum absolute atomic E-state index is 0.0529. The fourth-order valence-electron chi connectivity index (χ4n) is 3.68. The van der Waals surface area contributed by atoms with E-state index in [4.69, 9.17) is 16.0 Å². The van der Waals surface area contributed by atoms with Crippen molar-refractivity contribution in [3.8, 4) is 0 Å². The lowest BCUT2D eigenvalue weighted by Crippen LogP contribution is -2.49. The van der Waals surface area contributed by atoms with E-state index in [2.05, 4.69) is 24.0 Å². The number of anilines is 1.